The standard InChI is InChI=1S/C2H4N4S.C2H3N3/c1-7-2-3-5-6-4-2;1-2-4-5-3-1/h1H3,(H,3,4,5,6);1-2H,(H,3,4,5). The molecule has 2 rings (SSSR count). The van der Waals surface area contributed by atoms with Crippen LogP contribution in [-0.4, -0.2) is 42.3 Å². The number of rotatable bonds is 1. The Morgan fingerprint density at radius 3 is 2.25 bits per heavy atom. The van der Waals surface area contributed by atoms with Crippen molar-refractivity contribution >= 4 is 11.8 Å². The first-order valence-electron chi connectivity index (χ1n) is 3.00. The summed E-state index contributed by atoms with van der Waals surface area (Å²) in [7, 11) is 0. The van der Waals surface area contributed by atoms with E-state index in [2.05, 4.69) is 36.0 Å². The quantitative estimate of drug-likeness (QED) is 0.593. The number of aromatic nitrogens is 7. The lowest BCUT2D eigenvalue weighted by Gasteiger charge is -1.72. The molecule has 0 saturated carbocycles. The number of tetrazole rings is 1. The van der Waals surface area contributed by atoms with Gasteiger partial charge in [-0.3, -0.25) is 0 Å². The van der Waals surface area contributed by atoms with Gasteiger partial charge in [0.2, 0.25) is 5.16 Å². The molecule has 0 aliphatic heterocycles. The van der Waals surface area contributed by atoms with Crippen LogP contribution < -0.4 is 0 Å². The Bertz CT molecular complexity index is 246. The lowest BCUT2D eigenvalue weighted by Crippen LogP contribution is -1.68. The third-order valence-electron chi connectivity index (χ3n) is 0.840. The van der Waals surface area contributed by atoms with Gasteiger partial charge in [-0.25, -0.2) is 0 Å². The third kappa shape index (κ3) is 3.10. The predicted octanol–water partition coefficient (Wildman–Crippen LogP) is -0.274. The Morgan fingerprint density at radius 1 is 1.25 bits per heavy atom. The van der Waals surface area contributed by atoms with E-state index in [1.54, 1.807) is 12.4 Å². The molecule has 8 heteroatoms. The summed E-state index contributed by atoms with van der Waals surface area (Å²) >= 11 is 1.46. The van der Waals surface area contributed by atoms with Gasteiger partial charge in [0, 0.05) is 0 Å². The molecule has 0 amide bonds. The molecule has 0 unspecified atom stereocenters. The van der Waals surface area contributed by atoms with E-state index in [9.17, 15) is 0 Å². The number of aromatic amines is 2. The summed E-state index contributed by atoms with van der Waals surface area (Å²) < 4.78 is 0. The number of nitrogens with one attached hydrogen (secondary N) is 2. The van der Waals surface area contributed by atoms with Gasteiger partial charge < -0.3 is 0 Å². The molecular weight excluding hydrogens is 178 g/mol. The van der Waals surface area contributed by atoms with Crippen molar-refractivity contribution in [3.05, 3.63) is 12.4 Å². The summed E-state index contributed by atoms with van der Waals surface area (Å²) in [4.78, 5) is 0. The van der Waals surface area contributed by atoms with E-state index in [-0.39, 0.29) is 0 Å². The summed E-state index contributed by atoms with van der Waals surface area (Å²) in [6.45, 7) is 0. The normalized spacial score (nSPS) is 8.75. The minimum atomic E-state index is 0.681. The molecule has 0 aromatic carbocycles. The van der Waals surface area contributed by atoms with Crippen LogP contribution in [0.15, 0.2) is 17.6 Å². The van der Waals surface area contributed by atoms with Crippen LogP contribution in [0.3, 0.4) is 0 Å². The Balaban J connectivity index is 0.000000127. The van der Waals surface area contributed by atoms with Crippen LogP contribution in [0.4, 0.5) is 0 Å². The molecule has 0 atom stereocenters. The lowest BCUT2D eigenvalue weighted by atomic mass is 11.0. The first kappa shape index (κ1) is 8.65. The van der Waals surface area contributed by atoms with E-state index in [0.717, 1.165) is 0 Å². The van der Waals surface area contributed by atoms with E-state index in [4.69, 9.17) is 0 Å². The first-order chi connectivity index (χ1) is 5.93. The molecule has 0 radical (unpaired) electrons. The van der Waals surface area contributed by atoms with Gasteiger partial charge in [-0.2, -0.15) is 20.6 Å². The molecule has 7 nitrogen and oxygen atoms in total. The maximum atomic E-state index is 3.65. The third-order valence-corrected chi connectivity index (χ3v) is 1.38. The Hall–Kier alpha value is -1.44. The summed E-state index contributed by atoms with van der Waals surface area (Å²) in [6.07, 6.45) is 5.06. The average molecular weight is 185 g/mol. The Kier molecular flexibility index (Phi) is 3.78. The van der Waals surface area contributed by atoms with Crippen LogP contribution in [0.5, 0.6) is 0 Å². The molecule has 0 bridgehead atoms. The van der Waals surface area contributed by atoms with Gasteiger partial charge >= 0.3 is 0 Å². The fourth-order valence-corrected chi connectivity index (χ4v) is 0.660. The van der Waals surface area contributed by atoms with Crippen LogP contribution in [0.25, 0.3) is 0 Å². The first-order valence-corrected chi connectivity index (χ1v) is 4.23. The fraction of sp³-hybridized carbons (Fsp3) is 0.250. The number of nitrogens with zero attached hydrogens (tertiary/aromatic N) is 5. The molecule has 2 aromatic rings. The van der Waals surface area contributed by atoms with Gasteiger partial charge in [-0.05, 0) is 11.5 Å². The molecule has 0 fully saturated rings. The van der Waals surface area contributed by atoms with Crippen LogP contribution >= 0.6 is 11.8 Å². The van der Waals surface area contributed by atoms with E-state index >= 15 is 0 Å². The molecule has 0 aliphatic carbocycles. The van der Waals surface area contributed by atoms with Crippen molar-refractivity contribution in [2.45, 2.75) is 5.16 Å². The van der Waals surface area contributed by atoms with Crippen LogP contribution in [0.1, 0.15) is 0 Å². The van der Waals surface area contributed by atoms with Crippen LogP contribution in [-0.2, 0) is 0 Å². The van der Waals surface area contributed by atoms with E-state index in [1.807, 2.05) is 6.26 Å². The number of hydrogen-bond donors (Lipinski definition) is 2. The predicted molar refractivity (Wildman–Crippen MR) is 42.3 cm³/mol. The zero-order valence-corrected chi connectivity index (χ0v) is 7.12. The Labute approximate surface area is 72.3 Å². The van der Waals surface area contributed by atoms with Crippen molar-refractivity contribution < 1.29 is 0 Å². The average Bonchev–Trinajstić information content (AvgIpc) is 2.81. The van der Waals surface area contributed by atoms with Crippen LogP contribution in [0, 0.1) is 0 Å². The molecule has 0 saturated heterocycles. The maximum Gasteiger partial charge on any atom is 0.230 e. The van der Waals surface area contributed by atoms with Gasteiger partial charge in [0.25, 0.3) is 0 Å². The van der Waals surface area contributed by atoms with Crippen molar-refractivity contribution in [1.29, 1.82) is 0 Å². The zero-order valence-electron chi connectivity index (χ0n) is 6.30. The molecule has 2 N–H and O–H groups in total. The number of hydrogen-bond acceptors (Lipinski definition) is 6. The van der Waals surface area contributed by atoms with Gasteiger partial charge in [-0.15, -0.1) is 10.2 Å². The highest BCUT2D eigenvalue weighted by atomic mass is 32.2. The smallest absolute Gasteiger partial charge is 0.198 e. The number of H-pyrrole nitrogens is 2. The van der Waals surface area contributed by atoms with E-state index in [1.165, 1.54) is 11.8 Å². The van der Waals surface area contributed by atoms with Crippen molar-refractivity contribution in [3.8, 4) is 0 Å². The van der Waals surface area contributed by atoms with E-state index in [0.29, 0.717) is 5.16 Å². The number of thioether (sulfide) groups is 1. The van der Waals surface area contributed by atoms with Gasteiger partial charge in [-0.1, -0.05) is 11.8 Å². The van der Waals surface area contributed by atoms with Crippen molar-refractivity contribution in [1.82, 2.24) is 36.0 Å². The molecular formula is C4H7N7S. The second-order valence-electron chi connectivity index (χ2n) is 1.55. The minimum absolute atomic E-state index is 0.681. The summed E-state index contributed by atoms with van der Waals surface area (Å²) in [5.74, 6) is 0. The molecule has 12 heavy (non-hydrogen) atoms. The van der Waals surface area contributed by atoms with Crippen molar-refractivity contribution in [2.75, 3.05) is 6.26 Å². The van der Waals surface area contributed by atoms with Gasteiger partial charge in [0.15, 0.2) is 0 Å². The Morgan fingerprint density at radius 2 is 2.00 bits per heavy atom. The molecule has 64 valence electrons. The van der Waals surface area contributed by atoms with E-state index < -0.39 is 0 Å². The second-order valence-corrected chi connectivity index (χ2v) is 2.33. The summed E-state index contributed by atoms with van der Waals surface area (Å²) in [6, 6.07) is 0. The summed E-state index contributed by atoms with van der Waals surface area (Å²) in [5, 5.41) is 23.0. The summed E-state index contributed by atoms with van der Waals surface area (Å²) in [5.41, 5.74) is 0. The monoisotopic (exact) mass is 185 g/mol. The SMILES string of the molecule is CSc1nn[nH]n1.c1cn[nH]n1. The molecule has 0 spiro atoms. The highest BCUT2D eigenvalue weighted by Crippen LogP contribution is 2.01. The van der Waals surface area contributed by atoms with Crippen molar-refractivity contribution in [2.24, 2.45) is 0 Å². The van der Waals surface area contributed by atoms with Crippen LogP contribution in [0.2, 0.25) is 0 Å². The fourth-order valence-electron chi connectivity index (χ4n) is 0.406. The molecule has 0 aliphatic rings. The second kappa shape index (κ2) is 5.24. The topological polar surface area (TPSA) is 96.0 Å². The van der Waals surface area contributed by atoms with Gasteiger partial charge in [0.05, 0.1) is 12.4 Å². The van der Waals surface area contributed by atoms with Gasteiger partial charge in [0.1, 0.15) is 0 Å². The minimum Gasteiger partial charge on any atom is -0.198 e. The highest BCUT2D eigenvalue weighted by Gasteiger charge is 1.88. The van der Waals surface area contributed by atoms with Crippen molar-refractivity contribution in [3.63, 3.8) is 0 Å². The molecule has 2 aromatic heterocycles. The highest BCUT2D eigenvalue weighted by molar-refractivity contribution is 7.98. The lowest BCUT2D eigenvalue weighted by molar-refractivity contribution is 0.881. The largest absolute Gasteiger partial charge is 0.230 e. The maximum absolute atomic E-state index is 3.65. The zero-order chi connectivity index (χ0) is 8.65. The molecule has 2 heterocycles.